The summed E-state index contributed by atoms with van der Waals surface area (Å²) >= 11 is 0. The Morgan fingerprint density at radius 2 is 1.53 bits per heavy atom. The van der Waals surface area contributed by atoms with E-state index in [0.717, 1.165) is 30.4 Å². The Kier molecular flexibility index (Phi) is 19.3. The number of hydrogen-bond acceptors (Lipinski definition) is 10. The average molecular weight is 824 g/mol. The lowest BCUT2D eigenvalue weighted by Gasteiger charge is -2.28. The van der Waals surface area contributed by atoms with Gasteiger partial charge in [0.25, 0.3) is 11.8 Å². The first-order chi connectivity index (χ1) is 27.9. The van der Waals surface area contributed by atoms with E-state index in [1.165, 1.54) is 5.56 Å². The average Bonchev–Trinajstić information content (AvgIpc) is 3.65. The number of nitrogens with two attached hydrogens (primary N) is 1. The summed E-state index contributed by atoms with van der Waals surface area (Å²) in [7, 11) is 0. The standard InChI is InChI=1S/C43H65N7O9/c1-8-9-12-28-14-16-29(17-15-28)30-18-20-31(21-19-30)37(51)47-32-23-34(46-24-32)38(52)49-35(27(4)58-25-26(2)3)39(53)50-36(44)40(54)48-33(41(55)56)13-10-11-22-45-42(57)59-43(5,6)7/h14-21,26-27,32-36,46H,8-13,22-25,44H2,1-7H3,(H,45,57)(H,47,51)(H,48,54)(H,49,52)(H,50,53)(H,55,56)/t27-,32-,33+,34+,35+,36-/m1/s1. The van der Waals surface area contributed by atoms with Crippen LogP contribution in [0.1, 0.15) is 103 Å². The molecule has 0 spiro atoms. The topological polar surface area (TPSA) is 239 Å². The number of nitrogens with one attached hydrogen (secondary N) is 6. The summed E-state index contributed by atoms with van der Waals surface area (Å²) < 4.78 is 11.0. The van der Waals surface area contributed by atoms with Gasteiger partial charge in [-0.25, -0.2) is 9.59 Å². The molecule has 1 fully saturated rings. The molecule has 2 aromatic rings. The van der Waals surface area contributed by atoms with Gasteiger partial charge in [0.15, 0.2) is 6.17 Å². The Labute approximate surface area is 347 Å². The highest BCUT2D eigenvalue weighted by Gasteiger charge is 2.36. The van der Waals surface area contributed by atoms with Gasteiger partial charge in [0, 0.05) is 31.3 Å². The molecule has 9 N–H and O–H groups in total. The molecule has 0 aliphatic carbocycles. The third-order valence-electron chi connectivity index (χ3n) is 9.56. The zero-order valence-corrected chi connectivity index (χ0v) is 35.5. The van der Waals surface area contributed by atoms with Gasteiger partial charge in [-0.3, -0.25) is 19.2 Å². The van der Waals surface area contributed by atoms with Crippen LogP contribution in [-0.4, -0.2) is 103 Å². The molecular formula is C43H65N7O9. The van der Waals surface area contributed by atoms with Crippen molar-refractivity contribution in [2.24, 2.45) is 11.7 Å². The maximum atomic E-state index is 13.5. The lowest BCUT2D eigenvalue weighted by Crippen LogP contribution is -2.62. The Balaban J connectivity index is 1.54. The van der Waals surface area contributed by atoms with Crippen molar-refractivity contribution in [2.75, 3.05) is 19.7 Å². The minimum atomic E-state index is -1.65. The number of carboxylic acids is 1. The zero-order chi connectivity index (χ0) is 43.7. The molecule has 3 rings (SSSR count). The maximum Gasteiger partial charge on any atom is 0.407 e. The summed E-state index contributed by atoms with van der Waals surface area (Å²) in [6.45, 7) is 13.7. The second kappa shape index (κ2) is 23.5. The van der Waals surface area contributed by atoms with Crippen LogP contribution < -0.4 is 37.6 Å². The molecule has 0 radical (unpaired) electrons. The van der Waals surface area contributed by atoms with Crippen LogP contribution >= 0.6 is 0 Å². The molecule has 16 heteroatoms. The van der Waals surface area contributed by atoms with E-state index in [4.69, 9.17) is 15.2 Å². The highest BCUT2D eigenvalue weighted by molar-refractivity contribution is 5.96. The summed E-state index contributed by atoms with van der Waals surface area (Å²) in [5, 5.41) is 25.8. The lowest BCUT2D eigenvalue weighted by molar-refractivity contribution is -0.142. The van der Waals surface area contributed by atoms with Gasteiger partial charge in [-0.2, -0.15) is 0 Å². The molecule has 2 aromatic carbocycles. The van der Waals surface area contributed by atoms with E-state index >= 15 is 0 Å². The molecule has 59 heavy (non-hydrogen) atoms. The molecule has 326 valence electrons. The van der Waals surface area contributed by atoms with Crippen LogP contribution in [0.25, 0.3) is 11.1 Å². The van der Waals surface area contributed by atoms with Crippen LogP contribution in [-0.2, 0) is 35.1 Å². The third kappa shape index (κ3) is 17.0. The summed E-state index contributed by atoms with van der Waals surface area (Å²) in [6.07, 6.45) is 1.31. The summed E-state index contributed by atoms with van der Waals surface area (Å²) in [4.78, 5) is 76.9. The Bertz CT molecular complexity index is 1700. The first-order valence-corrected chi connectivity index (χ1v) is 20.6. The quantitative estimate of drug-likeness (QED) is 0.0633. The van der Waals surface area contributed by atoms with Gasteiger partial charge in [0.1, 0.15) is 17.7 Å². The second-order valence-corrected chi connectivity index (χ2v) is 16.5. The normalized spacial score (nSPS) is 17.2. The molecular weight excluding hydrogens is 759 g/mol. The zero-order valence-electron chi connectivity index (χ0n) is 35.5. The Morgan fingerprint density at radius 1 is 0.881 bits per heavy atom. The fourth-order valence-corrected chi connectivity index (χ4v) is 6.27. The van der Waals surface area contributed by atoms with Crippen molar-refractivity contribution in [2.45, 2.75) is 135 Å². The summed E-state index contributed by atoms with van der Waals surface area (Å²) in [5.74, 6) is -3.73. The van der Waals surface area contributed by atoms with E-state index in [2.05, 4.69) is 63.1 Å². The number of carboxylic acid groups (broad SMARTS) is 1. The molecule has 16 nitrogen and oxygen atoms in total. The van der Waals surface area contributed by atoms with E-state index in [0.29, 0.717) is 24.9 Å². The van der Waals surface area contributed by atoms with Crippen molar-refractivity contribution in [3.63, 3.8) is 0 Å². The van der Waals surface area contributed by atoms with Gasteiger partial charge in [-0.05, 0) is 101 Å². The number of carbonyl (C=O) groups excluding carboxylic acids is 5. The highest BCUT2D eigenvalue weighted by atomic mass is 16.6. The number of benzene rings is 2. The molecule has 0 saturated carbocycles. The van der Waals surface area contributed by atoms with Gasteiger partial charge in [0.2, 0.25) is 11.8 Å². The fraction of sp³-hybridized carbons (Fsp3) is 0.581. The monoisotopic (exact) mass is 823 g/mol. The van der Waals surface area contributed by atoms with Gasteiger partial charge in [-0.1, -0.05) is 63.6 Å². The maximum absolute atomic E-state index is 13.5. The van der Waals surface area contributed by atoms with Gasteiger partial charge in [-0.15, -0.1) is 0 Å². The largest absolute Gasteiger partial charge is 0.480 e. The van der Waals surface area contributed by atoms with Crippen molar-refractivity contribution < 1.29 is 43.3 Å². The van der Waals surface area contributed by atoms with Crippen molar-refractivity contribution in [3.05, 3.63) is 59.7 Å². The number of rotatable bonds is 22. The molecule has 0 unspecified atom stereocenters. The van der Waals surface area contributed by atoms with Gasteiger partial charge >= 0.3 is 12.1 Å². The number of hydrogen-bond donors (Lipinski definition) is 8. The van der Waals surface area contributed by atoms with Crippen LogP contribution in [0.3, 0.4) is 0 Å². The second-order valence-electron chi connectivity index (χ2n) is 16.5. The molecule has 1 saturated heterocycles. The third-order valence-corrected chi connectivity index (χ3v) is 9.56. The number of ether oxygens (including phenoxy) is 2. The summed E-state index contributed by atoms with van der Waals surface area (Å²) in [5.41, 5.74) is 9.19. The predicted octanol–water partition coefficient (Wildman–Crippen LogP) is 3.37. The van der Waals surface area contributed by atoms with Gasteiger partial charge in [0.05, 0.1) is 12.1 Å². The molecule has 5 amide bonds. The number of amides is 5. The molecule has 0 aromatic heterocycles. The molecule has 1 heterocycles. The number of aryl methyl sites for hydroxylation is 1. The van der Waals surface area contributed by atoms with E-state index < -0.39 is 65.8 Å². The van der Waals surface area contributed by atoms with E-state index in [1.54, 1.807) is 39.8 Å². The van der Waals surface area contributed by atoms with Crippen molar-refractivity contribution >= 4 is 35.7 Å². The van der Waals surface area contributed by atoms with E-state index in [1.807, 2.05) is 26.0 Å². The number of aliphatic carboxylic acids is 1. The lowest BCUT2D eigenvalue weighted by atomic mass is 10.0. The van der Waals surface area contributed by atoms with Crippen LogP contribution in [0.4, 0.5) is 4.79 Å². The first kappa shape index (κ1) is 48.3. The highest BCUT2D eigenvalue weighted by Crippen LogP contribution is 2.21. The molecule has 6 atom stereocenters. The van der Waals surface area contributed by atoms with E-state index in [-0.39, 0.29) is 43.9 Å². The fourth-order valence-electron chi connectivity index (χ4n) is 6.27. The minimum absolute atomic E-state index is 0.0345. The number of unbranched alkanes of at least 4 members (excludes halogenated alkanes) is 2. The van der Waals surface area contributed by atoms with Crippen LogP contribution in [0, 0.1) is 5.92 Å². The molecule has 1 aliphatic heterocycles. The number of carbonyl (C=O) groups is 6. The Morgan fingerprint density at radius 3 is 2.12 bits per heavy atom. The van der Waals surface area contributed by atoms with Crippen LogP contribution in [0.5, 0.6) is 0 Å². The van der Waals surface area contributed by atoms with Crippen LogP contribution in [0.15, 0.2) is 48.5 Å². The minimum Gasteiger partial charge on any atom is -0.480 e. The van der Waals surface area contributed by atoms with Gasteiger partial charge < -0.3 is 52.2 Å². The van der Waals surface area contributed by atoms with Crippen LogP contribution in [0.2, 0.25) is 0 Å². The smallest absolute Gasteiger partial charge is 0.407 e. The number of alkyl carbamates (subject to hydrolysis) is 1. The molecule has 1 aliphatic rings. The van der Waals surface area contributed by atoms with Crippen molar-refractivity contribution in [1.29, 1.82) is 0 Å². The van der Waals surface area contributed by atoms with Crippen molar-refractivity contribution in [1.82, 2.24) is 31.9 Å². The summed E-state index contributed by atoms with van der Waals surface area (Å²) in [6, 6.07) is 12.1. The predicted molar refractivity (Wildman–Crippen MR) is 224 cm³/mol. The molecule has 0 bridgehead atoms. The Hall–Kier alpha value is -5.06. The van der Waals surface area contributed by atoms with E-state index in [9.17, 15) is 33.9 Å². The SMILES string of the molecule is CCCCc1ccc(-c2ccc(C(=O)N[C@H]3CN[C@H](C(=O)N[C@H](C(=O)N[C@@H](N)C(=O)N[C@@H](CCCCNC(=O)OC(C)(C)C)C(=O)O)[C@@H](C)OCC(C)C)C3)cc2)cc1. The van der Waals surface area contributed by atoms with Crippen molar-refractivity contribution in [3.8, 4) is 11.1 Å². The first-order valence-electron chi connectivity index (χ1n) is 20.6.